The number of amides is 1. The largest absolute Gasteiger partial charge is 0.481 e. The number of carboxylic acids is 1. The van der Waals surface area contributed by atoms with Gasteiger partial charge in [-0.05, 0) is 45.6 Å². The average molecular weight is 363 g/mol. The van der Waals surface area contributed by atoms with E-state index in [0.29, 0.717) is 32.2 Å². The number of hydrogen-bond acceptors (Lipinski definition) is 4. The number of rotatable bonds is 10. The molecule has 0 heterocycles. The summed E-state index contributed by atoms with van der Waals surface area (Å²) in [6.07, 6.45) is 1.82. The van der Waals surface area contributed by atoms with Gasteiger partial charge in [-0.1, -0.05) is 30.3 Å². The van der Waals surface area contributed by atoms with Crippen molar-refractivity contribution in [3.05, 3.63) is 35.9 Å². The number of unbranched alkanes of at least 4 members (excludes halogenated alkanes) is 1. The van der Waals surface area contributed by atoms with Gasteiger partial charge in [0.1, 0.15) is 5.60 Å². The van der Waals surface area contributed by atoms with Gasteiger partial charge < -0.3 is 15.2 Å². The van der Waals surface area contributed by atoms with Crippen molar-refractivity contribution in [3.63, 3.8) is 0 Å². The monoisotopic (exact) mass is 363 g/mol. The van der Waals surface area contributed by atoms with Gasteiger partial charge in [0, 0.05) is 19.4 Å². The van der Waals surface area contributed by atoms with E-state index in [1.165, 1.54) is 0 Å². The lowest BCUT2D eigenvalue weighted by Crippen LogP contribution is -2.30. The van der Waals surface area contributed by atoms with Gasteiger partial charge in [0.05, 0.1) is 5.92 Å². The minimum absolute atomic E-state index is 0.0592. The van der Waals surface area contributed by atoms with Crippen LogP contribution in [0, 0.1) is 5.92 Å². The Morgan fingerprint density at radius 2 is 1.77 bits per heavy atom. The first-order valence-electron chi connectivity index (χ1n) is 8.92. The summed E-state index contributed by atoms with van der Waals surface area (Å²) in [7, 11) is 0. The Morgan fingerprint density at radius 3 is 2.35 bits per heavy atom. The number of benzene rings is 1. The van der Waals surface area contributed by atoms with Gasteiger partial charge in [0.15, 0.2) is 0 Å². The SMILES string of the molecule is CC(C)(C)OC(=O)CCCCNC(=O)C[C@H](Cc1ccccc1)C(=O)O. The molecule has 0 saturated heterocycles. The topological polar surface area (TPSA) is 92.7 Å². The number of esters is 1. The van der Waals surface area contributed by atoms with Gasteiger partial charge in [-0.2, -0.15) is 0 Å². The molecule has 2 N–H and O–H groups in total. The molecule has 0 bridgehead atoms. The smallest absolute Gasteiger partial charge is 0.307 e. The molecule has 0 saturated carbocycles. The summed E-state index contributed by atoms with van der Waals surface area (Å²) in [6.45, 7) is 5.87. The molecule has 0 fully saturated rings. The molecule has 0 aliphatic rings. The Balaban J connectivity index is 2.27. The fourth-order valence-electron chi connectivity index (χ4n) is 2.46. The summed E-state index contributed by atoms with van der Waals surface area (Å²) < 4.78 is 5.21. The number of carbonyl (C=O) groups is 3. The van der Waals surface area contributed by atoms with E-state index in [-0.39, 0.29) is 18.3 Å². The minimum atomic E-state index is -0.978. The number of aliphatic carboxylic acids is 1. The van der Waals surface area contributed by atoms with Crippen molar-refractivity contribution < 1.29 is 24.2 Å². The first-order chi connectivity index (χ1) is 12.2. The molecule has 6 nitrogen and oxygen atoms in total. The zero-order valence-corrected chi connectivity index (χ0v) is 15.8. The molecular weight excluding hydrogens is 334 g/mol. The maximum Gasteiger partial charge on any atom is 0.307 e. The Hall–Kier alpha value is -2.37. The molecule has 6 heteroatoms. The molecule has 0 aliphatic carbocycles. The quantitative estimate of drug-likeness (QED) is 0.492. The fraction of sp³-hybridized carbons (Fsp3) is 0.550. The second-order valence-corrected chi connectivity index (χ2v) is 7.32. The Morgan fingerprint density at radius 1 is 1.12 bits per heavy atom. The van der Waals surface area contributed by atoms with E-state index in [0.717, 1.165) is 5.56 Å². The van der Waals surface area contributed by atoms with Gasteiger partial charge in [-0.3, -0.25) is 14.4 Å². The molecular formula is C20H29NO5. The molecule has 1 rings (SSSR count). The van der Waals surface area contributed by atoms with Gasteiger partial charge in [0.25, 0.3) is 0 Å². The summed E-state index contributed by atoms with van der Waals surface area (Å²) in [4.78, 5) is 34.9. The van der Waals surface area contributed by atoms with Crippen LogP contribution >= 0.6 is 0 Å². The van der Waals surface area contributed by atoms with E-state index in [2.05, 4.69) is 5.32 Å². The van der Waals surface area contributed by atoms with E-state index >= 15 is 0 Å². The van der Waals surface area contributed by atoms with E-state index < -0.39 is 17.5 Å². The van der Waals surface area contributed by atoms with E-state index in [1.54, 1.807) is 0 Å². The first kappa shape index (κ1) is 21.7. The molecule has 1 amide bonds. The highest BCUT2D eigenvalue weighted by atomic mass is 16.6. The summed E-state index contributed by atoms with van der Waals surface area (Å²) >= 11 is 0. The zero-order valence-electron chi connectivity index (χ0n) is 15.8. The molecule has 0 unspecified atom stereocenters. The Bertz CT molecular complexity index is 592. The lowest BCUT2D eigenvalue weighted by Gasteiger charge is -2.19. The maximum absolute atomic E-state index is 12.0. The highest BCUT2D eigenvalue weighted by molar-refractivity contribution is 5.82. The number of nitrogens with one attached hydrogen (secondary N) is 1. The normalized spacial score (nSPS) is 12.3. The highest BCUT2D eigenvalue weighted by Gasteiger charge is 2.21. The number of carbonyl (C=O) groups excluding carboxylic acids is 2. The predicted molar refractivity (Wildman–Crippen MR) is 98.6 cm³/mol. The lowest BCUT2D eigenvalue weighted by molar-refractivity contribution is -0.155. The van der Waals surface area contributed by atoms with E-state index in [4.69, 9.17) is 4.74 Å². The standard InChI is InChI=1S/C20H29NO5/c1-20(2,3)26-18(23)11-7-8-12-21-17(22)14-16(19(24)25)13-15-9-5-4-6-10-15/h4-6,9-10,16H,7-8,11-14H2,1-3H3,(H,21,22)(H,24,25)/t16-/m0/s1. The molecule has 26 heavy (non-hydrogen) atoms. The third kappa shape index (κ3) is 9.81. The number of carboxylic acid groups (broad SMARTS) is 1. The van der Waals surface area contributed by atoms with Gasteiger partial charge in [0.2, 0.25) is 5.91 Å². The maximum atomic E-state index is 12.0. The second-order valence-electron chi connectivity index (χ2n) is 7.32. The third-order valence-electron chi connectivity index (χ3n) is 3.66. The zero-order chi connectivity index (χ0) is 19.6. The van der Waals surface area contributed by atoms with Crippen LogP contribution in [0.3, 0.4) is 0 Å². The van der Waals surface area contributed by atoms with Crippen LogP contribution in [0.25, 0.3) is 0 Å². The number of hydrogen-bond donors (Lipinski definition) is 2. The van der Waals surface area contributed by atoms with Crippen LogP contribution in [0.15, 0.2) is 30.3 Å². The van der Waals surface area contributed by atoms with Crippen LogP contribution in [0.1, 0.15) is 52.0 Å². The predicted octanol–water partition coefficient (Wildman–Crippen LogP) is 2.95. The van der Waals surface area contributed by atoms with Crippen LogP contribution in [-0.4, -0.2) is 35.1 Å². The van der Waals surface area contributed by atoms with E-state index in [9.17, 15) is 19.5 Å². The van der Waals surface area contributed by atoms with Crippen molar-refractivity contribution in [2.75, 3.05) is 6.54 Å². The summed E-state index contributed by atoms with van der Waals surface area (Å²) in [5.41, 5.74) is 0.403. The molecule has 0 aliphatic heterocycles. The molecule has 1 aromatic carbocycles. The third-order valence-corrected chi connectivity index (χ3v) is 3.66. The van der Waals surface area contributed by atoms with Crippen molar-refractivity contribution in [2.45, 2.75) is 58.5 Å². The molecule has 0 spiro atoms. The van der Waals surface area contributed by atoms with E-state index in [1.807, 2.05) is 51.1 Å². The highest BCUT2D eigenvalue weighted by Crippen LogP contribution is 2.13. The second kappa shape index (κ2) is 10.6. The van der Waals surface area contributed by atoms with Crippen molar-refractivity contribution in [1.82, 2.24) is 5.32 Å². The molecule has 0 aromatic heterocycles. The summed E-state index contributed by atoms with van der Waals surface area (Å²) in [6, 6.07) is 9.26. The number of ether oxygens (including phenoxy) is 1. The van der Waals surface area contributed by atoms with Crippen molar-refractivity contribution >= 4 is 17.8 Å². The van der Waals surface area contributed by atoms with Crippen LogP contribution in [-0.2, 0) is 25.5 Å². The average Bonchev–Trinajstić information content (AvgIpc) is 2.53. The first-order valence-corrected chi connectivity index (χ1v) is 8.92. The molecule has 0 radical (unpaired) electrons. The van der Waals surface area contributed by atoms with Crippen LogP contribution in [0.4, 0.5) is 0 Å². The lowest BCUT2D eigenvalue weighted by atomic mass is 9.96. The van der Waals surface area contributed by atoms with Gasteiger partial charge in [-0.15, -0.1) is 0 Å². The van der Waals surface area contributed by atoms with Gasteiger partial charge >= 0.3 is 11.9 Å². The molecule has 144 valence electrons. The van der Waals surface area contributed by atoms with Crippen LogP contribution in [0.5, 0.6) is 0 Å². The van der Waals surface area contributed by atoms with Crippen molar-refractivity contribution in [3.8, 4) is 0 Å². The Labute approximate surface area is 154 Å². The van der Waals surface area contributed by atoms with Crippen LogP contribution < -0.4 is 5.32 Å². The van der Waals surface area contributed by atoms with Crippen molar-refractivity contribution in [2.24, 2.45) is 5.92 Å². The van der Waals surface area contributed by atoms with Gasteiger partial charge in [-0.25, -0.2) is 0 Å². The molecule has 1 atom stereocenters. The molecule has 1 aromatic rings. The summed E-state index contributed by atoms with van der Waals surface area (Å²) in [5, 5.41) is 12.0. The minimum Gasteiger partial charge on any atom is -0.481 e. The van der Waals surface area contributed by atoms with Crippen LogP contribution in [0.2, 0.25) is 0 Å². The van der Waals surface area contributed by atoms with Crippen molar-refractivity contribution in [1.29, 1.82) is 0 Å². The summed E-state index contributed by atoms with van der Waals surface area (Å²) in [5.74, 6) is -2.27. The Kier molecular flexibility index (Phi) is 8.82. The fourth-order valence-corrected chi connectivity index (χ4v) is 2.46.